The summed E-state index contributed by atoms with van der Waals surface area (Å²) >= 11 is 0. The van der Waals surface area contributed by atoms with Gasteiger partial charge in [-0.25, -0.2) is 9.97 Å². The molecule has 10 nitrogen and oxygen atoms in total. The maximum atomic E-state index is 13.8. The Bertz CT molecular complexity index is 1730. The molecule has 2 aromatic carbocycles. The van der Waals surface area contributed by atoms with Crippen molar-refractivity contribution in [2.45, 2.75) is 33.4 Å². The number of aromatic amines is 1. The van der Waals surface area contributed by atoms with Gasteiger partial charge in [0.15, 0.2) is 11.4 Å². The number of fused-ring (bicyclic) bond motifs is 3. The van der Waals surface area contributed by atoms with Crippen LogP contribution in [-0.4, -0.2) is 76.0 Å². The summed E-state index contributed by atoms with van der Waals surface area (Å²) in [5.74, 6) is 2.57. The molecule has 0 spiro atoms. The lowest BCUT2D eigenvalue weighted by molar-refractivity contribution is -0.129. The minimum absolute atomic E-state index is 0.00390. The summed E-state index contributed by atoms with van der Waals surface area (Å²) in [4.78, 5) is 31.4. The number of anilines is 1. The van der Waals surface area contributed by atoms with Gasteiger partial charge in [0.2, 0.25) is 0 Å². The number of methoxy groups -OCH3 is 1. The molecule has 1 saturated heterocycles. The van der Waals surface area contributed by atoms with Crippen molar-refractivity contribution in [1.29, 1.82) is 0 Å². The average Bonchev–Trinajstić information content (AvgIpc) is 3.49. The Kier molecular flexibility index (Phi) is 6.75. The highest BCUT2D eigenvalue weighted by Gasteiger charge is 2.45. The van der Waals surface area contributed by atoms with E-state index in [1.54, 1.807) is 14.0 Å². The number of H-pyrrole nitrogens is 1. The molecule has 1 aliphatic heterocycles. The Morgan fingerprint density at radius 2 is 1.80 bits per heavy atom. The van der Waals surface area contributed by atoms with E-state index in [4.69, 9.17) is 19.2 Å². The first-order valence-corrected chi connectivity index (χ1v) is 13.8. The van der Waals surface area contributed by atoms with Crippen molar-refractivity contribution < 1.29 is 14.1 Å². The smallest absolute Gasteiger partial charge is 0.178 e. The minimum atomic E-state index is -1.11. The SMILES string of the molecule is COc1cc2c(cc1-c1c(C)noc1C)[nH]c1nc(C)nc(N[C@](C(C)=O)(c3ccccc3)N3CCN(C)CC3)c12. The van der Waals surface area contributed by atoms with Crippen LogP contribution in [0.1, 0.15) is 29.8 Å². The molecule has 10 heteroatoms. The molecule has 0 aliphatic carbocycles. The van der Waals surface area contributed by atoms with Crippen LogP contribution in [0.4, 0.5) is 5.82 Å². The van der Waals surface area contributed by atoms with Crippen molar-refractivity contribution in [3.8, 4) is 16.9 Å². The molecule has 3 aromatic heterocycles. The Morgan fingerprint density at radius 3 is 2.44 bits per heavy atom. The van der Waals surface area contributed by atoms with Gasteiger partial charge in [0.1, 0.15) is 28.8 Å². The normalized spacial score (nSPS) is 16.2. The van der Waals surface area contributed by atoms with E-state index in [0.29, 0.717) is 23.0 Å². The Hall–Kier alpha value is -4.28. The molecular weight excluding hydrogens is 518 g/mol. The number of aromatic nitrogens is 4. The third-order valence-electron chi connectivity index (χ3n) is 8.16. The number of carbonyl (C=O) groups is 1. The van der Waals surface area contributed by atoms with E-state index in [2.05, 4.69) is 32.3 Å². The molecule has 0 radical (unpaired) electrons. The number of nitrogens with zero attached hydrogens (tertiary/aromatic N) is 5. The molecule has 1 atom stereocenters. The van der Waals surface area contributed by atoms with E-state index in [1.165, 1.54) is 0 Å². The van der Waals surface area contributed by atoms with Gasteiger partial charge < -0.3 is 24.5 Å². The number of benzene rings is 2. The van der Waals surface area contributed by atoms with Gasteiger partial charge in [-0.3, -0.25) is 9.69 Å². The molecule has 5 aromatic rings. The van der Waals surface area contributed by atoms with Crippen molar-refractivity contribution in [1.82, 2.24) is 29.9 Å². The van der Waals surface area contributed by atoms with Crippen LogP contribution < -0.4 is 10.1 Å². The van der Waals surface area contributed by atoms with Gasteiger partial charge in [0.25, 0.3) is 0 Å². The maximum absolute atomic E-state index is 13.8. The van der Waals surface area contributed by atoms with E-state index in [0.717, 1.165) is 70.6 Å². The fourth-order valence-corrected chi connectivity index (χ4v) is 6.10. The summed E-state index contributed by atoms with van der Waals surface area (Å²) in [6.45, 7) is 10.5. The van der Waals surface area contributed by atoms with Crippen molar-refractivity contribution in [3.05, 3.63) is 65.3 Å². The number of piperazine rings is 1. The Labute approximate surface area is 238 Å². The zero-order valence-electron chi connectivity index (χ0n) is 24.3. The van der Waals surface area contributed by atoms with Gasteiger partial charge in [0, 0.05) is 42.6 Å². The van der Waals surface area contributed by atoms with Crippen molar-refractivity contribution in [3.63, 3.8) is 0 Å². The molecule has 4 heterocycles. The highest BCUT2D eigenvalue weighted by atomic mass is 16.5. The second-order valence-electron chi connectivity index (χ2n) is 10.8. The number of ketones is 1. The Morgan fingerprint density at radius 1 is 1.07 bits per heavy atom. The second kappa shape index (κ2) is 10.3. The van der Waals surface area contributed by atoms with Gasteiger partial charge in [0.05, 0.1) is 23.8 Å². The first kappa shape index (κ1) is 26.9. The number of nitrogens with one attached hydrogen (secondary N) is 2. The molecule has 0 bridgehead atoms. The van der Waals surface area contributed by atoms with E-state index in [1.807, 2.05) is 63.2 Å². The standard InChI is InChI=1S/C31H35N7O3/c1-18-27(19(2)41-36-18)24-16-25-23(17-26(24)40-6)28-29(34-25)32-21(4)33-30(28)35-31(20(3)39,22-10-8-7-9-11-22)38-14-12-37(5)13-15-38/h7-11,16-17H,12-15H2,1-6H3,(H2,32,33,34,35)/t31-/m0/s1. The topological polar surface area (TPSA) is 112 Å². The number of likely N-dealkylation sites (N-methyl/N-ethyl adjacent to an activating group) is 1. The van der Waals surface area contributed by atoms with E-state index < -0.39 is 5.66 Å². The number of ether oxygens (including phenoxy) is 1. The van der Waals surface area contributed by atoms with Crippen LogP contribution in [0.2, 0.25) is 0 Å². The van der Waals surface area contributed by atoms with Gasteiger partial charge in [-0.05, 0) is 52.4 Å². The largest absolute Gasteiger partial charge is 0.496 e. The maximum Gasteiger partial charge on any atom is 0.178 e. The van der Waals surface area contributed by atoms with Gasteiger partial charge in [-0.1, -0.05) is 35.5 Å². The highest BCUT2D eigenvalue weighted by molar-refractivity contribution is 6.13. The fourth-order valence-electron chi connectivity index (χ4n) is 6.10. The van der Waals surface area contributed by atoms with Crippen molar-refractivity contribution in [2.75, 3.05) is 45.7 Å². The molecule has 0 saturated carbocycles. The number of hydrogen-bond acceptors (Lipinski definition) is 9. The quantitative estimate of drug-likeness (QED) is 0.293. The van der Waals surface area contributed by atoms with E-state index in [-0.39, 0.29) is 5.78 Å². The summed E-state index contributed by atoms with van der Waals surface area (Å²) in [5.41, 5.74) is 3.87. The lowest BCUT2D eigenvalue weighted by Crippen LogP contribution is -2.61. The minimum Gasteiger partial charge on any atom is -0.496 e. The predicted octanol–water partition coefficient (Wildman–Crippen LogP) is 4.80. The molecule has 0 amide bonds. The van der Waals surface area contributed by atoms with Crippen LogP contribution >= 0.6 is 0 Å². The van der Waals surface area contributed by atoms with E-state index in [9.17, 15) is 4.79 Å². The zero-order valence-corrected chi connectivity index (χ0v) is 24.3. The molecular formula is C31H35N7O3. The Balaban J connectivity index is 1.58. The van der Waals surface area contributed by atoms with Gasteiger partial charge >= 0.3 is 0 Å². The summed E-state index contributed by atoms with van der Waals surface area (Å²) in [5, 5.41) is 9.50. The second-order valence-corrected chi connectivity index (χ2v) is 10.8. The van der Waals surface area contributed by atoms with Crippen LogP contribution in [-0.2, 0) is 10.5 Å². The molecule has 0 unspecified atom stereocenters. The lowest BCUT2D eigenvalue weighted by Gasteiger charge is -2.46. The average molecular weight is 554 g/mol. The van der Waals surface area contributed by atoms with Crippen LogP contribution in [0.3, 0.4) is 0 Å². The summed E-state index contributed by atoms with van der Waals surface area (Å²) in [7, 11) is 3.76. The molecule has 41 heavy (non-hydrogen) atoms. The summed E-state index contributed by atoms with van der Waals surface area (Å²) in [6, 6.07) is 14.0. The summed E-state index contributed by atoms with van der Waals surface area (Å²) in [6.07, 6.45) is 0. The first-order valence-electron chi connectivity index (χ1n) is 13.8. The first-order chi connectivity index (χ1) is 19.7. The van der Waals surface area contributed by atoms with Crippen LogP contribution in [0, 0.1) is 20.8 Å². The van der Waals surface area contributed by atoms with E-state index >= 15 is 0 Å². The number of aryl methyl sites for hydroxylation is 3. The third-order valence-corrected chi connectivity index (χ3v) is 8.16. The van der Waals surface area contributed by atoms with Crippen molar-refractivity contribution in [2.24, 2.45) is 0 Å². The number of hydrogen-bond donors (Lipinski definition) is 2. The van der Waals surface area contributed by atoms with Crippen LogP contribution in [0.15, 0.2) is 47.0 Å². The summed E-state index contributed by atoms with van der Waals surface area (Å²) < 4.78 is 11.3. The van der Waals surface area contributed by atoms with Crippen LogP contribution in [0.25, 0.3) is 33.1 Å². The molecule has 1 aliphatic rings. The molecule has 6 rings (SSSR count). The van der Waals surface area contributed by atoms with Crippen LogP contribution in [0.5, 0.6) is 5.75 Å². The van der Waals surface area contributed by atoms with Crippen molar-refractivity contribution >= 4 is 33.5 Å². The predicted molar refractivity (Wildman–Crippen MR) is 159 cm³/mol. The monoisotopic (exact) mass is 553 g/mol. The molecule has 1 fully saturated rings. The highest BCUT2D eigenvalue weighted by Crippen LogP contribution is 2.42. The fraction of sp³-hybridized carbons (Fsp3) is 0.355. The number of Topliss-reactive ketones (excluding diaryl/α,β-unsaturated/α-hetero) is 1. The number of carbonyl (C=O) groups excluding carboxylic acids is 1. The molecule has 2 N–H and O–H groups in total. The lowest BCUT2D eigenvalue weighted by atomic mass is 9.92. The molecule has 212 valence electrons. The number of rotatable bonds is 7. The van der Waals surface area contributed by atoms with Gasteiger partial charge in [-0.15, -0.1) is 0 Å². The third kappa shape index (κ3) is 4.43. The van der Waals surface area contributed by atoms with Gasteiger partial charge in [-0.2, -0.15) is 0 Å². The zero-order chi connectivity index (χ0) is 28.9.